The minimum atomic E-state index is -1.33. The van der Waals surface area contributed by atoms with Crippen LogP contribution in [0.2, 0.25) is 0 Å². The Kier molecular flexibility index (Phi) is 13.3. The molecule has 0 bridgehead atoms. The van der Waals surface area contributed by atoms with Gasteiger partial charge in [0.05, 0.1) is 6.61 Å². The molecule has 6 nitrogen and oxygen atoms in total. The number of carboxylic acid groups (broad SMARTS) is 1. The van der Waals surface area contributed by atoms with E-state index in [1.165, 1.54) is 25.7 Å². The number of carbonyl (C=O) groups excluding carboxylic acids is 1. The van der Waals surface area contributed by atoms with E-state index in [4.69, 9.17) is 20.4 Å². The van der Waals surface area contributed by atoms with Crippen LogP contribution in [-0.4, -0.2) is 29.8 Å². The van der Waals surface area contributed by atoms with Crippen LogP contribution in [0.25, 0.3) is 0 Å². The third kappa shape index (κ3) is 13.6. The molecule has 0 aliphatic rings. The van der Waals surface area contributed by atoms with Crippen LogP contribution in [0.1, 0.15) is 51.0 Å². The first-order chi connectivity index (χ1) is 11.5. The molecular weight excluding hydrogens is 308 g/mol. The summed E-state index contributed by atoms with van der Waals surface area (Å²) in [5.41, 5.74) is 10.9. The maximum absolute atomic E-state index is 11.7. The number of rotatable bonds is 10. The van der Waals surface area contributed by atoms with Crippen molar-refractivity contribution >= 4 is 12.1 Å². The van der Waals surface area contributed by atoms with E-state index in [-0.39, 0.29) is 5.97 Å². The van der Waals surface area contributed by atoms with E-state index >= 15 is 0 Å². The lowest BCUT2D eigenvalue weighted by molar-refractivity contribution is -0.145. The van der Waals surface area contributed by atoms with E-state index in [9.17, 15) is 4.79 Å². The minimum absolute atomic E-state index is 0.289. The van der Waals surface area contributed by atoms with Crippen LogP contribution >= 0.6 is 0 Å². The van der Waals surface area contributed by atoms with Crippen molar-refractivity contribution in [2.45, 2.75) is 57.9 Å². The molecule has 0 aliphatic carbocycles. The van der Waals surface area contributed by atoms with Crippen molar-refractivity contribution < 1.29 is 19.4 Å². The van der Waals surface area contributed by atoms with E-state index in [1.807, 2.05) is 30.3 Å². The average molecular weight is 338 g/mol. The molecule has 0 aromatic heterocycles. The molecule has 6 heteroatoms. The van der Waals surface area contributed by atoms with Gasteiger partial charge in [0, 0.05) is 0 Å². The first-order valence-corrected chi connectivity index (χ1v) is 8.41. The van der Waals surface area contributed by atoms with Gasteiger partial charge in [0.1, 0.15) is 6.04 Å². The van der Waals surface area contributed by atoms with Crippen LogP contribution in [0.5, 0.6) is 0 Å². The van der Waals surface area contributed by atoms with Crippen LogP contribution in [-0.2, 0) is 16.0 Å². The lowest BCUT2D eigenvalue weighted by Gasteiger charge is -2.11. The zero-order valence-electron chi connectivity index (χ0n) is 14.4. The fourth-order valence-corrected chi connectivity index (χ4v) is 2.11. The summed E-state index contributed by atoms with van der Waals surface area (Å²) in [7, 11) is 0. The SMILES string of the molecule is CCCCCCCCOC(=O)[C@@H](N)Cc1ccccc1.NC(=O)O. The lowest BCUT2D eigenvalue weighted by atomic mass is 10.1. The molecule has 0 heterocycles. The first kappa shape index (κ1) is 21.9. The minimum Gasteiger partial charge on any atom is -0.465 e. The summed E-state index contributed by atoms with van der Waals surface area (Å²) in [6.07, 6.45) is 6.31. The highest BCUT2D eigenvalue weighted by atomic mass is 16.5. The summed E-state index contributed by atoms with van der Waals surface area (Å²) in [6, 6.07) is 9.23. The second-order valence-corrected chi connectivity index (χ2v) is 5.57. The largest absolute Gasteiger partial charge is 0.465 e. The van der Waals surface area contributed by atoms with E-state index in [1.54, 1.807) is 0 Å². The molecular formula is C18H30N2O4. The highest BCUT2D eigenvalue weighted by Gasteiger charge is 2.15. The number of hydrogen-bond acceptors (Lipinski definition) is 4. The lowest BCUT2D eigenvalue weighted by Crippen LogP contribution is -2.34. The van der Waals surface area contributed by atoms with Gasteiger partial charge in [-0.15, -0.1) is 0 Å². The summed E-state index contributed by atoms with van der Waals surface area (Å²) in [6.45, 7) is 2.70. The molecule has 1 rings (SSSR count). The monoisotopic (exact) mass is 338 g/mol. The maximum atomic E-state index is 11.7. The van der Waals surface area contributed by atoms with Crippen molar-refractivity contribution in [1.29, 1.82) is 0 Å². The molecule has 5 N–H and O–H groups in total. The molecule has 1 atom stereocenters. The molecule has 0 spiro atoms. The van der Waals surface area contributed by atoms with Gasteiger partial charge in [-0.3, -0.25) is 4.79 Å². The Hall–Kier alpha value is -2.08. The summed E-state index contributed by atoms with van der Waals surface area (Å²) in [4.78, 5) is 20.5. The summed E-state index contributed by atoms with van der Waals surface area (Å²) in [5, 5.41) is 7.19. The van der Waals surface area contributed by atoms with Gasteiger partial charge in [-0.2, -0.15) is 0 Å². The Morgan fingerprint density at radius 3 is 2.21 bits per heavy atom. The highest BCUT2D eigenvalue weighted by molar-refractivity contribution is 5.75. The molecule has 1 amide bonds. The molecule has 136 valence electrons. The highest BCUT2D eigenvalue weighted by Crippen LogP contribution is 2.06. The van der Waals surface area contributed by atoms with Gasteiger partial charge in [-0.1, -0.05) is 69.4 Å². The van der Waals surface area contributed by atoms with Crippen LogP contribution in [0, 0.1) is 0 Å². The predicted octanol–water partition coefficient (Wildman–Crippen LogP) is 3.08. The Morgan fingerprint density at radius 2 is 1.62 bits per heavy atom. The number of carbonyl (C=O) groups is 2. The third-order valence-corrected chi connectivity index (χ3v) is 3.34. The van der Waals surface area contributed by atoms with E-state index in [0.29, 0.717) is 13.0 Å². The van der Waals surface area contributed by atoms with Gasteiger partial charge >= 0.3 is 12.1 Å². The Morgan fingerprint density at radius 1 is 1.08 bits per heavy atom. The van der Waals surface area contributed by atoms with Crippen molar-refractivity contribution in [1.82, 2.24) is 0 Å². The first-order valence-electron chi connectivity index (χ1n) is 8.41. The van der Waals surface area contributed by atoms with Crippen molar-refractivity contribution in [2.75, 3.05) is 6.61 Å². The molecule has 0 radical (unpaired) electrons. The number of nitrogens with two attached hydrogens (primary N) is 2. The number of hydrogen-bond donors (Lipinski definition) is 3. The zero-order chi connectivity index (χ0) is 18.2. The molecule has 1 aromatic carbocycles. The van der Waals surface area contributed by atoms with Gasteiger partial charge in [0.25, 0.3) is 0 Å². The maximum Gasteiger partial charge on any atom is 0.402 e. The Labute approximate surface area is 144 Å². The van der Waals surface area contributed by atoms with Crippen molar-refractivity contribution in [2.24, 2.45) is 11.5 Å². The van der Waals surface area contributed by atoms with Gasteiger partial charge in [0.15, 0.2) is 0 Å². The zero-order valence-corrected chi connectivity index (χ0v) is 14.4. The normalized spacial score (nSPS) is 11.1. The van der Waals surface area contributed by atoms with Crippen LogP contribution in [0.3, 0.4) is 0 Å². The number of amides is 1. The standard InChI is InChI=1S/C17H27NO2.CH3NO2/c1-2-3-4-5-6-10-13-20-17(19)16(18)14-15-11-8-7-9-12-15;2-1(3)4/h7-9,11-12,16H,2-6,10,13-14,18H2,1H3;2H2,(H,3,4)/t16-;/m0./s1. The molecule has 0 saturated carbocycles. The second-order valence-electron chi connectivity index (χ2n) is 5.57. The number of esters is 1. The van der Waals surface area contributed by atoms with Gasteiger partial charge in [-0.25, -0.2) is 4.79 Å². The predicted molar refractivity (Wildman–Crippen MR) is 94.7 cm³/mol. The van der Waals surface area contributed by atoms with Gasteiger partial charge < -0.3 is 21.3 Å². The average Bonchev–Trinajstić information content (AvgIpc) is 2.54. The van der Waals surface area contributed by atoms with Gasteiger partial charge in [0.2, 0.25) is 0 Å². The smallest absolute Gasteiger partial charge is 0.402 e. The van der Waals surface area contributed by atoms with Gasteiger partial charge in [-0.05, 0) is 18.4 Å². The third-order valence-electron chi connectivity index (χ3n) is 3.34. The number of ether oxygens (including phenoxy) is 1. The van der Waals surface area contributed by atoms with E-state index < -0.39 is 12.1 Å². The number of benzene rings is 1. The fourth-order valence-electron chi connectivity index (χ4n) is 2.11. The van der Waals surface area contributed by atoms with Crippen LogP contribution < -0.4 is 11.5 Å². The topological polar surface area (TPSA) is 116 Å². The Balaban J connectivity index is 0.00000118. The van der Waals surface area contributed by atoms with Crippen LogP contribution in [0.15, 0.2) is 30.3 Å². The van der Waals surface area contributed by atoms with Crippen molar-refractivity contribution in [3.8, 4) is 0 Å². The molecule has 0 fully saturated rings. The Bertz CT molecular complexity index is 448. The molecule has 0 unspecified atom stereocenters. The quantitative estimate of drug-likeness (QED) is 0.448. The van der Waals surface area contributed by atoms with E-state index in [0.717, 1.165) is 18.4 Å². The summed E-state index contributed by atoms with van der Waals surface area (Å²) >= 11 is 0. The summed E-state index contributed by atoms with van der Waals surface area (Å²) in [5.74, 6) is -0.289. The second kappa shape index (κ2) is 14.5. The van der Waals surface area contributed by atoms with Crippen molar-refractivity contribution in [3.63, 3.8) is 0 Å². The molecule has 0 saturated heterocycles. The summed E-state index contributed by atoms with van der Waals surface area (Å²) < 4.78 is 5.22. The van der Waals surface area contributed by atoms with Crippen LogP contribution in [0.4, 0.5) is 4.79 Å². The molecule has 1 aromatic rings. The molecule has 0 aliphatic heterocycles. The van der Waals surface area contributed by atoms with Crippen molar-refractivity contribution in [3.05, 3.63) is 35.9 Å². The van der Waals surface area contributed by atoms with E-state index in [2.05, 4.69) is 12.7 Å². The fraction of sp³-hybridized carbons (Fsp3) is 0.556. The number of unbranched alkanes of at least 4 members (excludes halogenated alkanes) is 5. The molecule has 24 heavy (non-hydrogen) atoms. The number of primary amides is 1.